The molecule has 0 unspecified atom stereocenters. The molecule has 0 aromatic heterocycles. The molecule has 0 amide bonds. The number of benzene rings is 1. The second-order valence-electron chi connectivity index (χ2n) is 4.09. The van der Waals surface area contributed by atoms with Crippen molar-refractivity contribution in [1.82, 2.24) is 0 Å². The lowest BCUT2D eigenvalue weighted by Crippen LogP contribution is -2.43. The fraction of sp³-hybridized carbons (Fsp3) is 0.417. The first-order valence-electron chi connectivity index (χ1n) is 4.99. The molecule has 1 fully saturated rings. The molecule has 0 radical (unpaired) electrons. The van der Waals surface area contributed by atoms with Crippen LogP contribution in [0.1, 0.15) is 18.4 Å². The van der Waals surface area contributed by atoms with E-state index in [1.165, 1.54) is 5.56 Å². The van der Waals surface area contributed by atoms with E-state index in [0.717, 1.165) is 4.90 Å². The highest BCUT2D eigenvalue weighted by Gasteiger charge is 2.44. The maximum Gasteiger partial charge on any atom is 0.112 e. The van der Waals surface area contributed by atoms with E-state index < -0.39 is 4.75 Å². The van der Waals surface area contributed by atoms with Crippen molar-refractivity contribution < 1.29 is 5.11 Å². The zero-order valence-corrected chi connectivity index (χ0v) is 9.42. The lowest BCUT2D eigenvalue weighted by Gasteiger charge is -2.38. The maximum absolute atomic E-state index is 9.28. The zero-order valence-electron chi connectivity index (χ0n) is 8.60. The molecule has 0 aliphatic heterocycles. The fourth-order valence-electron chi connectivity index (χ4n) is 1.80. The van der Waals surface area contributed by atoms with Crippen LogP contribution in [-0.2, 0) is 0 Å². The first-order chi connectivity index (χ1) is 7.13. The van der Waals surface area contributed by atoms with Gasteiger partial charge in [-0.3, -0.25) is 0 Å². The van der Waals surface area contributed by atoms with E-state index in [0.29, 0.717) is 12.8 Å². The maximum atomic E-state index is 9.28. The van der Waals surface area contributed by atoms with Gasteiger partial charge in [0.1, 0.15) is 4.75 Å². The van der Waals surface area contributed by atoms with E-state index in [9.17, 15) is 5.11 Å². The molecule has 1 aromatic carbocycles. The van der Waals surface area contributed by atoms with Crippen molar-refractivity contribution in [3.63, 3.8) is 0 Å². The predicted molar refractivity (Wildman–Crippen MR) is 60.6 cm³/mol. The monoisotopic (exact) mass is 219 g/mol. The van der Waals surface area contributed by atoms with Crippen LogP contribution in [0.15, 0.2) is 29.2 Å². The van der Waals surface area contributed by atoms with Crippen LogP contribution in [0, 0.1) is 18.3 Å². The number of aliphatic hydroxyl groups excluding tert-OH is 1. The standard InChI is InChI=1S/C12H13NOS/c1-9-3-2-4-11(5-9)15-12(8-13)6-10(14)7-12/h2-5,10,14H,6-7H2,1H3. The van der Waals surface area contributed by atoms with Gasteiger partial charge in [-0.2, -0.15) is 5.26 Å². The minimum Gasteiger partial charge on any atom is -0.393 e. The molecule has 1 aliphatic carbocycles. The van der Waals surface area contributed by atoms with Crippen molar-refractivity contribution in [3.05, 3.63) is 29.8 Å². The highest BCUT2D eigenvalue weighted by molar-refractivity contribution is 8.01. The Morgan fingerprint density at radius 3 is 2.80 bits per heavy atom. The minimum atomic E-state index is -0.396. The van der Waals surface area contributed by atoms with Crippen LogP contribution in [0.3, 0.4) is 0 Å². The van der Waals surface area contributed by atoms with E-state index in [-0.39, 0.29) is 6.10 Å². The van der Waals surface area contributed by atoms with Gasteiger partial charge in [0.2, 0.25) is 0 Å². The Labute approximate surface area is 93.9 Å². The average molecular weight is 219 g/mol. The largest absolute Gasteiger partial charge is 0.393 e. The molecule has 1 saturated carbocycles. The minimum absolute atomic E-state index is 0.290. The number of aliphatic hydroxyl groups is 1. The molecular formula is C12H13NOS. The van der Waals surface area contributed by atoms with Gasteiger partial charge in [-0.25, -0.2) is 0 Å². The lowest BCUT2D eigenvalue weighted by molar-refractivity contribution is 0.0803. The number of aryl methyl sites for hydroxylation is 1. The molecule has 2 nitrogen and oxygen atoms in total. The summed E-state index contributed by atoms with van der Waals surface area (Å²) < 4.78 is -0.396. The summed E-state index contributed by atoms with van der Waals surface area (Å²) in [4.78, 5) is 1.11. The Kier molecular flexibility index (Phi) is 2.72. The molecular weight excluding hydrogens is 206 g/mol. The second-order valence-corrected chi connectivity index (χ2v) is 5.54. The Hall–Kier alpha value is -0.980. The summed E-state index contributed by atoms with van der Waals surface area (Å²) >= 11 is 1.57. The van der Waals surface area contributed by atoms with E-state index >= 15 is 0 Å². The molecule has 0 saturated heterocycles. The summed E-state index contributed by atoms with van der Waals surface area (Å²) in [5.41, 5.74) is 1.20. The predicted octanol–water partition coefficient (Wildman–Crippen LogP) is 2.50. The normalized spacial score (nSPS) is 29.3. The van der Waals surface area contributed by atoms with Gasteiger partial charge in [0.25, 0.3) is 0 Å². The quantitative estimate of drug-likeness (QED) is 0.831. The van der Waals surface area contributed by atoms with Gasteiger partial charge < -0.3 is 5.11 Å². The lowest BCUT2D eigenvalue weighted by atomic mass is 9.82. The Morgan fingerprint density at radius 2 is 2.27 bits per heavy atom. The molecule has 2 rings (SSSR count). The first kappa shape index (κ1) is 10.5. The number of rotatable bonds is 2. The molecule has 0 bridgehead atoms. The Bertz CT molecular complexity index is 404. The topological polar surface area (TPSA) is 44.0 Å². The van der Waals surface area contributed by atoms with Gasteiger partial charge in [0, 0.05) is 17.7 Å². The van der Waals surface area contributed by atoms with Crippen LogP contribution in [0.5, 0.6) is 0 Å². The summed E-state index contributed by atoms with van der Waals surface area (Å²) in [7, 11) is 0. The van der Waals surface area contributed by atoms with Crippen molar-refractivity contribution >= 4 is 11.8 Å². The van der Waals surface area contributed by atoms with Crippen LogP contribution in [0.25, 0.3) is 0 Å². The van der Waals surface area contributed by atoms with Gasteiger partial charge in [-0.1, -0.05) is 17.7 Å². The third kappa shape index (κ3) is 2.17. The van der Waals surface area contributed by atoms with Crippen molar-refractivity contribution in [2.45, 2.75) is 35.5 Å². The summed E-state index contributed by atoms with van der Waals surface area (Å²) in [5, 5.41) is 18.4. The van der Waals surface area contributed by atoms with E-state index in [1.54, 1.807) is 11.8 Å². The Morgan fingerprint density at radius 1 is 1.53 bits per heavy atom. The van der Waals surface area contributed by atoms with Crippen molar-refractivity contribution in [2.24, 2.45) is 0 Å². The van der Waals surface area contributed by atoms with Crippen LogP contribution < -0.4 is 0 Å². The van der Waals surface area contributed by atoms with Crippen molar-refractivity contribution in [3.8, 4) is 6.07 Å². The molecule has 1 N–H and O–H groups in total. The summed E-state index contributed by atoms with van der Waals surface area (Å²) in [6.45, 7) is 2.04. The first-order valence-corrected chi connectivity index (χ1v) is 5.80. The SMILES string of the molecule is Cc1cccc(SC2(C#N)CC(O)C2)c1. The van der Waals surface area contributed by atoms with Gasteiger partial charge in [-0.05, 0) is 19.1 Å². The van der Waals surface area contributed by atoms with E-state index in [1.807, 2.05) is 25.1 Å². The number of nitriles is 1. The molecule has 0 heterocycles. The summed E-state index contributed by atoms with van der Waals surface area (Å²) in [6, 6.07) is 10.4. The van der Waals surface area contributed by atoms with Crippen molar-refractivity contribution in [2.75, 3.05) is 0 Å². The second kappa shape index (κ2) is 3.88. The summed E-state index contributed by atoms with van der Waals surface area (Å²) in [5.74, 6) is 0. The highest BCUT2D eigenvalue weighted by atomic mass is 32.2. The third-order valence-corrected chi connectivity index (χ3v) is 3.94. The van der Waals surface area contributed by atoms with Gasteiger partial charge in [0.15, 0.2) is 0 Å². The van der Waals surface area contributed by atoms with E-state index in [4.69, 9.17) is 5.26 Å². The van der Waals surface area contributed by atoms with Crippen molar-refractivity contribution in [1.29, 1.82) is 5.26 Å². The molecule has 1 aliphatic rings. The van der Waals surface area contributed by atoms with Gasteiger partial charge in [0.05, 0.1) is 12.2 Å². The summed E-state index contributed by atoms with van der Waals surface area (Å²) in [6.07, 6.45) is 0.881. The molecule has 78 valence electrons. The number of thioether (sulfide) groups is 1. The molecule has 0 spiro atoms. The number of nitrogens with zero attached hydrogens (tertiary/aromatic N) is 1. The molecule has 15 heavy (non-hydrogen) atoms. The van der Waals surface area contributed by atoms with Crippen LogP contribution >= 0.6 is 11.8 Å². The average Bonchev–Trinajstić information content (AvgIpc) is 2.15. The number of hydrogen-bond acceptors (Lipinski definition) is 3. The number of hydrogen-bond donors (Lipinski definition) is 1. The van der Waals surface area contributed by atoms with Crippen LogP contribution in [-0.4, -0.2) is 16.0 Å². The zero-order chi connectivity index (χ0) is 10.9. The van der Waals surface area contributed by atoms with Crippen LogP contribution in [0.4, 0.5) is 0 Å². The van der Waals surface area contributed by atoms with Crippen LogP contribution in [0.2, 0.25) is 0 Å². The smallest absolute Gasteiger partial charge is 0.112 e. The third-order valence-electron chi connectivity index (χ3n) is 2.64. The highest BCUT2D eigenvalue weighted by Crippen LogP contribution is 2.47. The Balaban J connectivity index is 2.12. The fourth-order valence-corrected chi connectivity index (χ4v) is 3.24. The van der Waals surface area contributed by atoms with E-state index in [2.05, 4.69) is 12.1 Å². The van der Waals surface area contributed by atoms with Gasteiger partial charge >= 0.3 is 0 Å². The molecule has 0 atom stereocenters. The molecule has 3 heteroatoms. The van der Waals surface area contributed by atoms with Gasteiger partial charge in [-0.15, -0.1) is 11.8 Å². The molecule has 1 aromatic rings.